The highest BCUT2D eigenvalue weighted by atomic mass is 16.5. The van der Waals surface area contributed by atoms with Gasteiger partial charge in [-0.15, -0.1) is 13.2 Å². The van der Waals surface area contributed by atoms with E-state index in [4.69, 9.17) is 4.74 Å². The van der Waals surface area contributed by atoms with Crippen LogP contribution in [-0.2, 0) is 4.74 Å². The Kier molecular flexibility index (Phi) is 5.50. The Morgan fingerprint density at radius 1 is 0.727 bits per heavy atom. The van der Waals surface area contributed by atoms with Gasteiger partial charge < -0.3 is 4.74 Å². The van der Waals surface area contributed by atoms with E-state index in [1.54, 1.807) is 0 Å². The van der Waals surface area contributed by atoms with Crippen LogP contribution in [0.5, 0.6) is 0 Å². The highest BCUT2D eigenvalue weighted by Gasteiger charge is 2.19. The van der Waals surface area contributed by atoms with Crippen molar-refractivity contribution in [2.45, 2.75) is 52.7 Å². The van der Waals surface area contributed by atoms with Crippen LogP contribution in [-0.4, -0.2) is 11.2 Å². The molecular weight excluding hydrogens is 136 g/mol. The molecule has 11 heavy (non-hydrogen) atoms. The minimum atomic E-state index is -0.0156. The Bertz CT molecular complexity index is 80.4. The lowest BCUT2D eigenvalue weighted by Crippen LogP contribution is -2.31. The van der Waals surface area contributed by atoms with Crippen LogP contribution in [0.4, 0.5) is 0 Å². The highest BCUT2D eigenvalue weighted by molar-refractivity contribution is 4.68. The third-order valence-electron chi connectivity index (χ3n) is 0.612. The summed E-state index contributed by atoms with van der Waals surface area (Å²) in [6, 6.07) is 0. The minimum Gasteiger partial charge on any atom is -0.370 e. The SMILES string of the molecule is C=C.CC(C)(C)OC(C)(C)C. The summed E-state index contributed by atoms with van der Waals surface area (Å²) in [7, 11) is 0. The Balaban J connectivity index is 0. The summed E-state index contributed by atoms with van der Waals surface area (Å²) in [4.78, 5) is 0. The number of hydrogen-bond donors (Lipinski definition) is 0. The molecule has 1 heteroatoms. The van der Waals surface area contributed by atoms with Crippen molar-refractivity contribution in [2.24, 2.45) is 0 Å². The van der Waals surface area contributed by atoms with Crippen molar-refractivity contribution in [3.05, 3.63) is 13.2 Å². The van der Waals surface area contributed by atoms with Gasteiger partial charge in [0.15, 0.2) is 0 Å². The average Bonchev–Trinajstić information content (AvgIpc) is 1.60. The Hall–Kier alpha value is -0.300. The molecule has 68 valence electrons. The van der Waals surface area contributed by atoms with E-state index < -0.39 is 0 Å². The van der Waals surface area contributed by atoms with Gasteiger partial charge in [-0.25, -0.2) is 0 Å². The lowest BCUT2D eigenvalue weighted by atomic mass is 10.1. The molecule has 0 aliphatic heterocycles. The van der Waals surface area contributed by atoms with Gasteiger partial charge in [0.25, 0.3) is 0 Å². The molecule has 0 aromatic rings. The van der Waals surface area contributed by atoms with Gasteiger partial charge in [-0.2, -0.15) is 0 Å². The van der Waals surface area contributed by atoms with Gasteiger partial charge in [0.2, 0.25) is 0 Å². The predicted molar refractivity (Wildman–Crippen MR) is 51.8 cm³/mol. The lowest BCUT2D eigenvalue weighted by molar-refractivity contribution is -0.102. The second kappa shape index (κ2) is 4.55. The van der Waals surface area contributed by atoms with Gasteiger partial charge >= 0.3 is 0 Å². The maximum atomic E-state index is 5.62. The van der Waals surface area contributed by atoms with E-state index in [-0.39, 0.29) is 11.2 Å². The molecule has 0 aliphatic carbocycles. The van der Waals surface area contributed by atoms with Crippen LogP contribution in [0.2, 0.25) is 0 Å². The first-order valence-corrected chi connectivity index (χ1v) is 3.91. The van der Waals surface area contributed by atoms with Crippen molar-refractivity contribution in [3.63, 3.8) is 0 Å². The molecule has 0 atom stereocenters. The molecule has 0 aromatic heterocycles. The first kappa shape index (κ1) is 13.3. The normalized spacial score (nSPS) is 11.8. The van der Waals surface area contributed by atoms with Gasteiger partial charge in [0.1, 0.15) is 0 Å². The minimum absolute atomic E-state index is 0.0156. The Morgan fingerprint density at radius 2 is 0.909 bits per heavy atom. The van der Waals surface area contributed by atoms with E-state index in [9.17, 15) is 0 Å². The van der Waals surface area contributed by atoms with Crippen LogP contribution < -0.4 is 0 Å². The number of rotatable bonds is 0. The maximum Gasteiger partial charge on any atom is 0.0605 e. The third kappa shape index (κ3) is 17.7. The van der Waals surface area contributed by atoms with E-state index in [0.717, 1.165) is 0 Å². The largest absolute Gasteiger partial charge is 0.370 e. The molecular formula is C10H22O. The summed E-state index contributed by atoms with van der Waals surface area (Å²) < 4.78 is 5.62. The van der Waals surface area contributed by atoms with Crippen molar-refractivity contribution >= 4 is 0 Å². The fourth-order valence-electron chi connectivity index (χ4n) is 0.919. The van der Waals surface area contributed by atoms with Gasteiger partial charge in [-0.05, 0) is 41.5 Å². The molecule has 0 spiro atoms. The second-order valence-corrected chi connectivity index (χ2v) is 4.33. The van der Waals surface area contributed by atoms with Crippen LogP contribution in [0.1, 0.15) is 41.5 Å². The van der Waals surface area contributed by atoms with Crippen molar-refractivity contribution < 1.29 is 4.74 Å². The van der Waals surface area contributed by atoms with E-state index >= 15 is 0 Å². The summed E-state index contributed by atoms with van der Waals surface area (Å²) in [6.07, 6.45) is 0. The summed E-state index contributed by atoms with van der Waals surface area (Å²) >= 11 is 0. The fraction of sp³-hybridized carbons (Fsp3) is 0.800. The molecule has 0 aliphatic rings. The van der Waals surface area contributed by atoms with Crippen LogP contribution in [0.3, 0.4) is 0 Å². The predicted octanol–water partition coefficient (Wildman–Crippen LogP) is 3.40. The van der Waals surface area contributed by atoms with E-state index in [2.05, 4.69) is 54.7 Å². The van der Waals surface area contributed by atoms with Crippen molar-refractivity contribution in [2.75, 3.05) is 0 Å². The molecule has 0 saturated carbocycles. The van der Waals surface area contributed by atoms with Crippen LogP contribution >= 0.6 is 0 Å². The summed E-state index contributed by atoms with van der Waals surface area (Å²) in [5, 5.41) is 0. The summed E-state index contributed by atoms with van der Waals surface area (Å²) in [5.74, 6) is 0. The van der Waals surface area contributed by atoms with Crippen molar-refractivity contribution in [1.82, 2.24) is 0 Å². The van der Waals surface area contributed by atoms with E-state index in [0.29, 0.717) is 0 Å². The zero-order valence-corrected chi connectivity index (χ0v) is 8.82. The number of ether oxygens (including phenoxy) is 1. The molecule has 0 heterocycles. The quantitative estimate of drug-likeness (QED) is 0.491. The van der Waals surface area contributed by atoms with Crippen LogP contribution in [0.25, 0.3) is 0 Å². The second-order valence-electron chi connectivity index (χ2n) is 4.33. The molecule has 0 bridgehead atoms. The van der Waals surface area contributed by atoms with Crippen molar-refractivity contribution in [1.29, 1.82) is 0 Å². The Labute approximate surface area is 71.5 Å². The first-order valence-electron chi connectivity index (χ1n) is 3.91. The van der Waals surface area contributed by atoms with Crippen molar-refractivity contribution in [3.8, 4) is 0 Å². The average molecular weight is 158 g/mol. The van der Waals surface area contributed by atoms with E-state index in [1.165, 1.54) is 0 Å². The number of hydrogen-bond acceptors (Lipinski definition) is 1. The van der Waals surface area contributed by atoms with Crippen LogP contribution in [0, 0.1) is 0 Å². The molecule has 0 N–H and O–H groups in total. The molecule has 1 nitrogen and oxygen atoms in total. The van der Waals surface area contributed by atoms with Gasteiger partial charge in [0, 0.05) is 0 Å². The zero-order valence-electron chi connectivity index (χ0n) is 8.82. The topological polar surface area (TPSA) is 9.23 Å². The summed E-state index contributed by atoms with van der Waals surface area (Å²) in [5.41, 5.74) is -0.0312. The fourth-order valence-corrected chi connectivity index (χ4v) is 0.919. The lowest BCUT2D eigenvalue weighted by Gasteiger charge is -2.30. The molecule has 0 fully saturated rings. The van der Waals surface area contributed by atoms with Gasteiger partial charge in [0.05, 0.1) is 11.2 Å². The van der Waals surface area contributed by atoms with Gasteiger partial charge in [-0.1, -0.05) is 0 Å². The molecule has 0 aromatic carbocycles. The zero-order chi connectivity index (χ0) is 9.71. The molecule has 0 saturated heterocycles. The molecule has 0 radical (unpaired) electrons. The molecule has 0 rings (SSSR count). The monoisotopic (exact) mass is 158 g/mol. The van der Waals surface area contributed by atoms with Crippen LogP contribution in [0.15, 0.2) is 13.2 Å². The smallest absolute Gasteiger partial charge is 0.0605 e. The van der Waals surface area contributed by atoms with E-state index in [1.807, 2.05) is 0 Å². The van der Waals surface area contributed by atoms with Gasteiger partial charge in [-0.3, -0.25) is 0 Å². The molecule has 0 unspecified atom stereocenters. The summed E-state index contributed by atoms with van der Waals surface area (Å²) in [6.45, 7) is 18.4. The maximum absolute atomic E-state index is 5.62. The third-order valence-corrected chi connectivity index (χ3v) is 0.612. The molecule has 0 amide bonds. The Morgan fingerprint density at radius 3 is 0.909 bits per heavy atom. The first-order chi connectivity index (χ1) is 4.71. The standard InChI is InChI=1S/C8H18O.C2H4/c1-7(2,3)9-8(4,5)6;1-2/h1-6H3;1-2H2. The highest BCUT2D eigenvalue weighted by Crippen LogP contribution is 2.17.